The number of benzene rings is 2. The van der Waals surface area contributed by atoms with Gasteiger partial charge in [0.1, 0.15) is 5.82 Å². The number of urea groups is 1. The Kier molecular flexibility index (Phi) is 7.04. The molecule has 0 spiro atoms. The van der Waals surface area contributed by atoms with E-state index in [2.05, 4.69) is 49.4 Å². The predicted molar refractivity (Wildman–Crippen MR) is 153 cm³/mol. The maximum absolute atomic E-state index is 13.3. The molecule has 9 nitrogen and oxygen atoms in total. The molecule has 3 heterocycles. The molecule has 2 aromatic carbocycles. The SMILES string of the molecule is Cc1cnc2nc1Nc1ccc(NC(=O)[C@@H]3CCN(C(=O)NC4CCCC4)C3)c(c1)CCc1cccc(c1)N2. The van der Waals surface area contributed by atoms with Crippen molar-refractivity contribution in [3.8, 4) is 0 Å². The molecule has 1 aromatic heterocycles. The summed E-state index contributed by atoms with van der Waals surface area (Å²) in [4.78, 5) is 36.9. The first-order valence-corrected chi connectivity index (χ1v) is 14.0. The van der Waals surface area contributed by atoms with E-state index in [0.717, 1.165) is 59.7 Å². The summed E-state index contributed by atoms with van der Waals surface area (Å²) in [6, 6.07) is 14.5. The van der Waals surface area contributed by atoms with E-state index in [1.165, 1.54) is 18.4 Å². The molecule has 2 aliphatic heterocycles. The van der Waals surface area contributed by atoms with Gasteiger partial charge in [0.2, 0.25) is 11.9 Å². The van der Waals surface area contributed by atoms with E-state index in [1.807, 2.05) is 31.2 Å². The monoisotopic (exact) mass is 525 g/mol. The zero-order valence-corrected chi connectivity index (χ0v) is 22.3. The number of fused-ring (bicyclic) bond motifs is 6. The molecule has 39 heavy (non-hydrogen) atoms. The summed E-state index contributed by atoms with van der Waals surface area (Å²) in [5.41, 5.74) is 5.81. The van der Waals surface area contributed by atoms with Gasteiger partial charge < -0.3 is 26.2 Å². The highest BCUT2D eigenvalue weighted by molar-refractivity contribution is 5.94. The minimum absolute atomic E-state index is 0.0338. The number of amides is 3. The van der Waals surface area contributed by atoms with E-state index in [0.29, 0.717) is 25.5 Å². The second kappa shape index (κ2) is 10.9. The minimum Gasteiger partial charge on any atom is -0.340 e. The third-order valence-electron chi connectivity index (χ3n) is 7.99. The highest BCUT2D eigenvalue weighted by Gasteiger charge is 2.32. The number of anilines is 5. The van der Waals surface area contributed by atoms with Crippen LogP contribution in [0.2, 0.25) is 0 Å². The predicted octanol–water partition coefficient (Wildman–Crippen LogP) is 5.28. The number of carbonyl (C=O) groups is 2. The summed E-state index contributed by atoms with van der Waals surface area (Å²) in [6.07, 6.45) is 8.51. The van der Waals surface area contributed by atoms with Crippen molar-refractivity contribution < 1.29 is 9.59 Å². The summed E-state index contributed by atoms with van der Waals surface area (Å²) in [5.74, 6) is 1.01. The van der Waals surface area contributed by atoms with Crippen LogP contribution in [0.25, 0.3) is 0 Å². The van der Waals surface area contributed by atoms with Crippen molar-refractivity contribution in [3.05, 3.63) is 65.4 Å². The van der Waals surface area contributed by atoms with E-state index in [9.17, 15) is 9.59 Å². The average molecular weight is 526 g/mol. The summed E-state index contributed by atoms with van der Waals surface area (Å²) in [6.45, 7) is 3.03. The van der Waals surface area contributed by atoms with E-state index >= 15 is 0 Å². The van der Waals surface area contributed by atoms with E-state index in [-0.39, 0.29) is 23.9 Å². The van der Waals surface area contributed by atoms with Gasteiger partial charge in [-0.3, -0.25) is 4.79 Å². The number of carbonyl (C=O) groups excluding carboxylic acids is 2. The van der Waals surface area contributed by atoms with Gasteiger partial charge in [-0.2, -0.15) is 4.98 Å². The largest absolute Gasteiger partial charge is 0.340 e. The van der Waals surface area contributed by atoms with Crippen molar-refractivity contribution in [2.45, 2.75) is 57.9 Å². The van der Waals surface area contributed by atoms with E-state index in [1.54, 1.807) is 11.1 Å². The Balaban J connectivity index is 1.19. The van der Waals surface area contributed by atoms with Gasteiger partial charge in [0.15, 0.2) is 0 Å². The lowest BCUT2D eigenvalue weighted by molar-refractivity contribution is -0.119. The van der Waals surface area contributed by atoms with Crippen LogP contribution in [0, 0.1) is 12.8 Å². The molecule has 0 unspecified atom stereocenters. The standard InChI is InChI=1S/C30H35N7O2/c1-19-17-31-29-33-24-8-4-5-20(15-24)9-10-21-16-25(32-27(19)36-29)11-12-26(21)35-28(38)22-13-14-37(18-22)30(39)34-23-6-2-3-7-23/h4-5,8,11-12,15-17,22-23H,2-3,6-7,9-10,13-14,18H2,1H3,(H,34,39)(H,35,38)(H2,31,32,33,36)/t22-/m1/s1. The van der Waals surface area contributed by atoms with E-state index < -0.39 is 0 Å². The first kappa shape index (κ1) is 25.2. The third kappa shape index (κ3) is 5.82. The molecule has 3 aromatic rings. The van der Waals surface area contributed by atoms with Gasteiger partial charge in [0.05, 0.1) is 5.92 Å². The lowest BCUT2D eigenvalue weighted by atomic mass is 10.0. The minimum atomic E-state index is -0.219. The van der Waals surface area contributed by atoms with Gasteiger partial charge in [-0.15, -0.1) is 0 Å². The van der Waals surface area contributed by atoms with Crippen LogP contribution in [-0.2, 0) is 17.6 Å². The first-order valence-electron chi connectivity index (χ1n) is 14.0. The maximum atomic E-state index is 13.3. The molecule has 2 fully saturated rings. The van der Waals surface area contributed by atoms with Crippen molar-refractivity contribution >= 4 is 40.8 Å². The number of aromatic nitrogens is 2. The molecule has 4 N–H and O–H groups in total. The van der Waals surface area contributed by atoms with Crippen LogP contribution >= 0.6 is 0 Å². The Hall–Kier alpha value is -4.14. The fourth-order valence-electron chi connectivity index (χ4n) is 5.71. The lowest BCUT2D eigenvalue weighted by Crippen LogP contribution is -2.43. The van der Waals surface area contributed by atoms with Gasteiger partial charge in [-0.05, 0) is 80.5 Å². The Morgan fingerprint density at radius 2 is 1.85 bits per heavy atom. The van der Waals surface area contributed by atoms with Crippen LogP contribution in [0.4, 0.5) is 33.6 Å². The van der Waals surface area contributed by atoms with Crippen LogP contribution < -0.4 is 21.3 Å². The number of hydrogen-bond acceptors (Lipinski definition) is 6. The molecule has 3 amide bonds. The van der Waals surface area contributed by atoms with Crippen molar-refractivity contribution in [1.82, 2.24) is 20.2 Å². The highest BCUT2D eigenvalue weighted by atomic mass is 16.2. The molecule has 6 bridgehead atoms. The molecule has 3 aliphatic rings. The van der Waals surface area contributed by atoms with Crippen molar-refractivity contribution in [2.24, 2.45) is 5.92 Å². The topological polar surface area (TPSA) is 111 Å². The number of nitrogens with one attached hydrogen (secondary N) is 4. The molecular formula is C30H35N7O2. The van der Waals surface area contributed by atoms with Gasteiger partial charge >= 0.3 is 6.03 Å². The van der Waals surface area contributed by atoms with Crippen LogP contribution in [0.5, 0.6) is 0 Å². The maximum Gasteiger partial charge on any atom is 0.317 e. The fraction of sp³-hybridized carbons (Fsp3) is 0.400. The lowest BCUT2D eigenvalue weighted by Gasteiger charge is -2.20. The molecular weight excluding hydrogens is 490 g/mol. The van der Waals surface area contributed by atoms with E-state index in [4.69, 9.17) is 0 Å². The Morgan fingerprint density at radius 3 is 2.72 bits per heavy atom. The van der Waals surface area contributed by atoms with Crippen LogP contribution in [0.3, 0.4) is 0 Å². The molecule has 1 saturated heterocycles. The zero-order valence-electron chi connectivity index (χ0n) is 22.3. The smallest absolute Gasteiger partial charge is 0.317 e. The van der Waals surface area contributed by atoms with Gasteiger partial charge in [-0.25, -0.2) is 9.78 Å². The molecule has 1 aliphatic carbocycles. The van der Waals surface area contributed by atoms with Gasteiger partial charge in [0.25, 0.3) is 0 Å². The Bertz CT molecular complexity index is 1390. The third-order valence-corrected chi connectivity index (χ3v) is 7.99. The molecule has 1 atom stereocenters. The summed E-state index contributed by atoms with van der Waals surface area (Å²) in [7, 11) is 0. The normalized spacial score (nSPS) is 18.7. The van der Waals surface area contributed by atoms with Crippen LogP contribution in [0.15, 0.2) is 48.7 Å². The molecule has 9 heteroatoms. The zero-order chi connectivity index (χ0) is 26.8. The van der Waals surface area contributed by atoms with Crippen molar-refractivity contribution in [3.63, 3.8) is 0 Å². The Labute approximate surface area is 228 Å². The average Bonchev–Trinajstić information content (AvgIpc) is 3.63. The number of nitrogens with zero attached hydrogens (tertiary/aromatic N) is 3. The molecule has 6 rings (SSSR count). The van der Waals surface area contributed by atoms with Gasteiger partial charge in [-0.1, -0.05) is 25.0 Å². The second-order valence-corrected chi connectivity index (χ2v) is 10.9. The van der Waals surface area contributed by atoms with Crippen LogP contribution in [0.1, 0.15) is 48.8 Å². The summed E-state index contributed by atoms with van der Waals surface area (Å²) >= 11 is 0. The number of rotatable bonds is 3. The molecule has 202 valence electrons. The second-order valence-electron chi connectivity index (χ2n) is 10.9. The van der Waals surface area contributed by atoms with Crippen molar-refractivity contribution in [2.75, 3.05) is 29.0 Å². The fourth-order valence-corrected chi connectivity index (χ4v) is 5.71. The summed E-state index contributed by atoms with van der Waals surface area (Å²) in [5, 5.41) is 13.1. The number of hydrogen-bond donors (Lipinski definition) is 4. The quantitative estimate of drug-likeness (QED) is 0.370. The van der Waals surface area contributed by atoms with Crippen molar-refractivity contribution in [1.29, 1.82) is 0 Å². The summed E-state index contributed by atoms with van der Waals surface area (Å²) < 4.78 is 0. The number of aryl methyl sites for hydroxylation is 3. The highest BCUT2D eigenvalue weighted by Crippen LogP contribution is 2.29. The number of likely N-dealkylation sites (tertiary alicyclic amines) is 1. The molecule has 1 saturated carbocycles. The van der Waals surface area contributed by atoms with Crippen LogP contribution in [-0.4, -0.2) is 45.9 Å². The molecule has 0 radical (unpaired) electrons. The van der Waals surface area contributed by atoms with Gasteiger partial charge in [0, 0.05) is 48.0 Å². The first-order chi connectivity index (χ1) is 19.0. The Morgan fingerprint density at radius 1 is 1.00 bits per heavy atom.